The van der Waals surface area contributed by atoms with Crippen LogP contribution in [0.3, 0.4) is 0 Å². The maximum atomic E-state index is 12.0. The largest absolute Gasteiger partial charge is 0.307 e. The number of ketones is 1. The van der Waals surface area contributed by atoms with E-state index in [1.54, 1.807) is 0 Å². The molecule has 96 valence electrons. The Hall–Kier alpha value is -1.93. The van der Waals surface area contributed by atoms with Crippen LogP contribution in [0.1, 0.15) is 23.2 Å². The third-order valence-electron chi connectivity index (χ3n) is 3.44. The molecule has 1 N–H and O–H groups in total. The van der Waals surface area contributed by atoms with Crippen molar-refractivity contribution in [2.75, 3.05) is 6.54 Å². The highest BCUT2D eigenvalue weighted by atomic mass is 16.1. The molecule has 2 aromatic carbocycles. The summed E-state index contributed by atoms with van der Waals surface area (Å²) in [5, 5.41) is 3.25. The van der Waals surface area contributed by atoms with Gasteiger partial charge < -0.3 is 5.32 Å². The van der Waals surface area contributed by atoms with E-state index in [9.17, 15) is 4.79 Å². The van der Waals surface area contributed by atoms with E-state index >= 15 is 0 Å². The lowest BCUT2D eigenvalue weighted by Gasteiger charge is -2.05. The van der Waals surface area contributed by atoms with E-state index in [4.69, 9.17) is 0 Å². The van der Waals surface area contributed by atoms with Crippen molar-refractivity contribution < 1.29 is 4.79 Å². The minimum absolute atomic E-state index is 0.173. The van der Waals surface area contributed by atoms with Crippen molar-refractivity contribution in [2.45, 2.75) is 18.9 Å². The Labute approximate surface area is 113 Å². The van der Waals surface area contributed by atoms with Crippen LogP contribution in [0.25, 0.3) is 11.1 Å². The summed E-state index contributed by atoms with van der Waals surface area (Å²) in [5.41, 5.74) is 3.11. The molecule has 0 heterocycles. The summed E-state index contributed by atoms with van der Waals surface area (Å²) in [4.78, 5) is 12.0. The fraction of sp³-hybridized carbons (Fsp3) is 0.235. The third kappa shape index (κ3) is 3.09. The SMILES string of the molecule is O=C(CNC1CC1)c1ccc(-c2ccccc2)cc1. The zero-order chi connectivity index (χ0) is 13.1. The molecule has 2 nitrogen and oxygen atoms in total. The van der Waals surface area contributed by atoms with Crippen LogP contribution >= 0.6 is 0 Å². The Bertz CT molecular complexity index is 556. The molecule has 2 aromatic rings. The monoisotopic (exact) mass is 251 g/mol. The molecule has 0 radical (unpaired) electrons. The molecule has 2 heteroatoms. The second kappa shape index (κ2) is 5.37. The van der Waals surface area contributed by atoms with Gasteiger partial charge in [-0.3, -0.25) is 4.79 Å². The fourth-order valence-electron chi connectivity index (χ4n) is 2.11. The predicted octanol–water partition coefficient (Wildman–Crippen LogP) is 3.29. The maximum absolute atomic E-state index is 12.0. The van der Waals surface area contributed by atoms with Crippen LogP contribution in [0, 0.1) is 0 Å². The molecule has 0 aromatic heterocycles. The number of Topliss-reactive ketones (excluding diaryl/α,β-unsaturated/α-hetero) is 1. The van der Waals surface area contributed by atoms with Gasteiger partial charge in [-0.25, -0.2) is 0 Å². The van der Waals surface area contributed by atoms with E-state index < -0.39 is 0 Å². The van der Waals surface area contributed by atoms with Gasteiger partial charge in [0.15, 0.2) is 5.78 Å². The maximum Gasteiger partial charge on any atom is 0.176 e. The lowest BCUT2D eigenvalue weighted by Crippen LogP contribution is -2.24. The topological polar surface area (TPSA) is 29.1 Å². The molecular formula is C17H17NO. The first-order valence-corrected chi connectivity index (χ1v) is 6.75. The average molecular weight is 251 g/mol. The molecule has 0 unspecified atom stereocenters. The van der Waals surface area contributed by atoms with Crippen molar-refractivity contribution in [3.63, 3.8) is 0 Å². The molecule has 0 aliphatic heterocycles. The summed E-state index contributed by atoms with van der Waals surface area (Å²) in [5.74, 6) is 0.173. The van der Waals surface area contributed by atoms with Crippen molar-refractivity contribution in [2.24, 2.45) is 0 Å². The molecule has 3 rings (SSSR count). The summed E-state index contributed by atoms with van der Waals surface area (Å²) in [6.45, 7) is 0.454. The highest BCUT2D eigenvalue weighted by Crippen LogP contribution is 2.20. The highest BCUT2D eigenvalue weighted by Gasteiger charge is 2.21. The molecule has 0 atom stereocenters. The molecular weight excluding hydrogens is 234 g/mol. The van der Waals surface area contributed by atoms with Crippen molar-refractivity contribution >= 4 is 5.78 Å². The first kappa shape index (κ1) is 12.1. The minimum Gasteiger partial charge on any atom is -0.307 e. The molecule has 1 aliphatic carbocycles. The van der Waals surface area contributed by atoms with Crippen molar-refractivity contribution in [1.29, 1.82) is 0 Å². The van der Waals surface area contributed by atoms with Gasteiger partial charge in [-0.2, -0.15) is 0 Å². The normalized spacial score (nSPS) is 14.3. The van der Waals surface area contributed by atoms with Gasteiger partial charge >= 0.3 is 0 Å². The van der Waals surface area contributed by atoms with Crippen molar-refractivity contribution in [3.8, 4) is 11.1 Å². The van der Waals surface area contributed by atoms with Crippen LogP contribution in [-0.4, -0.2) is 18.4 Å². The molecule has 1 saturated carbocycles. The van der Waals surface area contributed by atoms with Crippen LogP contribution in [-0.2, 0) is 0 Å². The number of carbonyl (C=O) groups is 1. The van der Waals surface area contributed by atoms with Gasteiger partial charge in [0.1, 0.15) is 0 Å². The minimum atomic E-state index is 0.173. The van der Waals surface area contributed by atoms with Gasteiger partial charge in [-0.15, -0.1) is 0 Å². The van der Waals surface area contributed by atoms with Gasteiger partial charge in [-0.05, 0) is 24.0 Å². The van der Waals surface area contributed by atoms with Gasteiger partial charge in [-0.1, -0.05) is 54.6 Å². The molecule has 19 heavy (non-hydrogen) atoms. The molecule has 0 bridgehead atoms. The van der Waals surface area contributed by atoms with Gasteiger partial charge in [0.2, 0.25) is 0 Å². The summed E-state index contributed by atoms with van der Waals surface area (Å²) < 4.78 is 0. The third-order valence-corrected chi connectivity index (χ3v) is 3.44. The van der Waals surface area contributed by atoms with Crippen LogP contribution < -0.4 is 5.32 Å². The number of hydrogen-bond donors (Lipinski definition) is 1. The summed E-state index contributed by atoms with van der Waals surface area (Å²) >= 11 is 0. The number of hydrogen-bond acceptors (Lipinski definition) is 2. The number of nitrogens with one attached hydrogen (secondary N) is 1. The molecule has 1 aliphatic rings. The van der Waals surface area contributed by atoms with Gasteiger partial charge in [0.05, 0.1) is 6.54 Å². The van der Waals surface area contributed by atoms with E-state index in [1.165, 1.54) is 18.4 Å². The highest BCUT2D eigenvalue weighted by molar-refractivity contribution is 5.98. The van der Waals surface area contributed by atoms with E-state index in [0.717, 1.165) is 11.1 Å². The lowest BCUT2D eigenvalue weighted by molar-refractivity contribution is 0.0990. The Balaban J connectivity index is 1.69. The second-order valence-electron chi connectivity index (χ2n) is 5.02. The molecule has 0 spiro atoms. The number of carbonyl (C=O) groups excluding carboxylic acids is 1. The van der Waals surface area contributed by atoms with Gasteiger partial charge in [0, 0.05) is 11.6 Å². The van der Waals surface area contributed by atoms with E-state index in [2.05, 4.69) is 17.4 Å². The first-order chi connectivity index (χ1) is 9.33. The van der Waals surface area contributed by atoms with Crippen LogP contribution in [0.2, 0.25) is 0 Å². The van der Waals surface area contributed by atoms with Crippen molar-refractivity contribution in [3.05, 3.63) is 60.2 Å². The summed E-state index contributed by atoms with van der Waals surface area (Å²) in [6, 6.07) is 18.6. The van der Waals surface area contributed by atoms with Crippen molar-refractivity contribution in [1.82, 2.24) is 5.32 Å². The van der Waals surface area contributed by atoms with E-state index in [1.807, 2.05) is 42.5 Å². The average Bonchev–Trinajstić information content (AvgIpc) is 3.30. The standard InChI is InChI=1S/C17H17NO/c19-17(12-18-16-10-11-16)15-8-6-14(7-9-15)13-4-2-1-3-5-13/h1-9,16,18H,10-12H2. The Morgan fingerprint density at radius 3 is 2.21 bits per heavy atom. The smallest absolute Gasteiger partial charge is 0.176 e. The zero-order valence-electron chi connectivity index (χ0n) is 10.8. The summed E-state index contributed by atoms with van der Waals surface area (Å²) in [6.07, 6.45) is 2.42. The lowest BCUT2D eigenvalue weighted by atomic mass is 10.0. The molecule has 1 fully saturated rings. The Morgan fingerprint density at radius 1 is 0.947 bits per heavy atom. The Kier molecular flexibility index (Phi) is 3.43. The Morgan fingerprint density at radius 2 is 1.58 bits per heavy atom. The summed E-state index contributed by atoms with van der Waals surface area (Å²) in [7, 11) is 0. The first-order valence-electron chi connectivity index (χ1n) is 6.75. The fourth-order valence-corrected chi connectivity index (χ4v) is 2.11. The van der Waals surface area contributed by atoms with Gasteiger partial charge in [0.25, 0.3) is 0 Å². The van der Waals surface area contributed by atoms with E-state index in [0.29, 0.717) is 12.6 Å². The molecule has 0 amide bonds. The quantitative estimate of drug-likeness (QED) is 0.826. The van der Waals surface area contributed by atoms with E-state index in [-0.39, 0.29) is 5.78 Å². The number of benzene rings is 2. The molecule has 0 saturated heterocycles. The van der Waals surface area contributed by atoms with Crippen LogP contribution in [0.15, 0.2) is 54.6 Å². The number of rotatable bonds is 5. The predicted molar refractivity (Wildman–Crippen MR) is 77.2 cm³/mol. The van der Waals surface area contributed by atoms with Crippen LogP contribution in [0.5, 0.6) is 0 Å². The second-order valence-corrected chi connectivity index (χ2v) is 5.02. The van der Waals surface area contributed by atoms with Crippen LogP contribution in [0.4, 0.5) is 0 Å². The zero-order valence-corrected chi connectivity index (χ0v) is 10.8.